The fourth-order valence-corrected chi connectivity index (χ4v) is 5.16. The predicted molar refractivity (Wildman–Crippen MR) is 155 cm³/mol. The number of halogens is 1. The van der Waals surface area contributed by atoms with E-state index in [0.717, 1.165) is 15.2 Å². The van der Waals surface area contributed by atoms with Crippen molar-refractivity contribution >= 4 is 59.0 Å². The van der Waals surface area contributed by atoms with Crippen molar-refractivity contribution in [3.05, 3.63) is 132 Å². The van der Waals surface area contributed by atoms with E-state index in [0.29, 0.717) is 16.3 Å². The summed E-state index contributed by atoms with van der Waals surface area (Å²) in [6.45, 7) is 0. The van der Waals surface area contributed by atoms with Gasteiger partial charge in [0.2, 0.25) is 0 Å². The molecule has 0 saturated heterocycles. The minimum Gasteiger partial charge on any atom is -0.0616 e. The maximum atomic E-state index is 9.33. The topological polar surface area (TPSA) is 0 Å². The van der Waals surface area contributed by atoms with E-state index in [2.05, 4.69) is 15.9 Å². The van der Waals surface area contributed by atoms with Crippen molar-refractivity contribution in [1.82, 2.24) is 0 Å². The average molecular weight is 523 g/mol. The molecular formula is C34H21Br. The lowest BCUT2D eigenvalue weighted by atomic mass is 9.88. The molecular weight excluding hydrogens is 488 g/mol. The van der Waals surface area contributed by atoms with E-state index in [9.17, 15) is 2.74 Å². The molecule has 0 amide bonds. The molecule has 0 nitrogen and oxygen atoms in total. The summed E-state index contributed by atoms with van der Waals surface area (Å²) in [5.41, 5.74) is -0.363. The summed E-state index contributed by atoms with van der Waals surface area (Å²) < 4.78 is 115. The normalized spacial score (nSPS) is 16.8. The molecule has 0 unspecified atom stereocenters. The molecule has 7 rings (SSSR count). The molecule has 0 bridgehead atoms. The monoisotopic (exact) mass is 521 g/mol. The zero-order valence-electron chi connectivity index (χ0n) is 31.0. The second kappa shape index (κ2) is 8.08. The first-order chi connectivity index (χ1) is 22.7. The Morgan fingerprint density at radius 2 is 1.06 bits per heavy atom. The molecule has 0 saturated carbocycles. The van der Waals surface area contributed by atoms with Crippen LogP contribution in [-0.2, 0) is 0 Å². The Morgan fingerprint density at radius 3 is 1.77 bits per heavy atom. The van der Waals surface area contributed by atoms with Crippen LogP contribution in [0.2, 0.25) is 0 Å². The summed E-state index contributed by atoms with van der Waals surface area (Å²) in [4.78, 5) is 0. The van der Waals surface area contributed by atoms with Crippen molar-refractivity contribution in [2.45, 2.75) is 0 Å². The van der Waals surface area contributed by atoms with Gasteiger partial charge in [0.1, 0.15) is 0 Å². The molecule has 164 valence electrons. The van der Waals surface area contributed by atoms with Crippen molar-refractivity contribution in [2.24, 2.45) is 0 Å². The summed E-state index contributed by atoms with van der Waals surface area (Å²) in [5, 5.41) is 1.83. The molecule has 0 aliphatic carbocycles. The average Bonchev–Trinajstić information content (AvgIpc) is 3.08. The fraction of sp³-hybridized carbons (Fsp3) is 0. The Balaban J connectivity index is 1.71. The van der Waals surface area contributed by atoms with Crippen molar-refractivity contribution in [2.75, 3.05) is 0 Å². The van der Waals surface area contributed by atoms with E-state index in [4.69, 9.17) is 15.1 Å². The van der Waals surface area contributed by atoms with Gasteiger partial charge in [0.15, 0.2) is 0 Å². The summed E-state index contributed by atoms with van der Waals surface area (Å²) in [6.07, 6.45) is 0. The van der Waals surface area contributed by atoms with Crippen LogP contribution in [0.1, 0.15) is 17.8 Å². The van der Waals surface area contributed by atoms with Gasteiger partial charge in [0.25, 0.3) is 0 Å². The Kier molecular flexibility index (Phi) is 2.58. The molecule has 0 aromatic heterocycles. The number of hydrogen-bond donors (Lipinski definition) is 0. The van der Waals surface area contributed by atoms with E-state index in [1.54, 1.807) is 0 Å². The van der Waals surface area contributed by atoms with Crippen LogP contribution in [0.25, 0.3) is 65.3 Å². The van der Waals surface area contributed by atoms with Crippen LogP contribution < -0.4 is 0 Å². The Morgan fingerprint density at radius 1 is 0.486 bits per heavy atom. The predicted octanol–water partition coefficient (Wildman–Crippen LogP) is 10.4. The smallest absolute Gasteiger partial charge is 0.0616 e. The third kappa shape index (κ3) is 3.27. The van der Waals surface area contributed by atoms with Crippen LogP contribution in [-0.4, -0.2) is 0 Å². The molecule has 35 heavy (non-hydrogen) atoms. The third-order valence-electron chi connectivity index (χ3n) is 6.05. The van der Waals surface area contributed by atoms with Crippen LogP contribution in [0.4, 0.5) is 0 Å². The molecule has 7 aromatic rings. The first-order valence-corrected chi connectivity index (χ1v) is 11.6. The standard InChI is InChI=1S/C34H21Br/c35-34-31-13-5-3-11-29(31)33(30-12-4-6-14-32(30)34)28-15-7-10-26-21-25(18-19-27(26)28)24-17-16-22-8-1-2-9-23(22)20-24/h1-21H/i1D,2D,7D,8D,9D,10D,15D,16D,17D,18D,19D,20D,21D. The lowest BCUT2D eigenvalue weighted by Crippen LogP contribution is -1.89. The highest BCUT2D eigenvalue weighted by atomic mass is 79.9. The summed E-state index contributed by atoms with van der Waals surface area (Å²) >= 11 is 3.70. The first kappa shape index (κ1) is 11.2. The number of rotatable bonds is 2. The molecule has 0 aliphatic rings. The van der Waals surface area contributed by atoms with E-state index in [1.165, 1.54) is 0 Å². The third-order valence-corrected chi connectivity index (χ3v) is 6.91. The van der Waals surface area contributed by atoms with Crippen LogP contribution >= 0.6 is 15.9 Å². The number of benzene rings is 7. The molecule has 0 spiro atoms. The molecule has 0 radical (unpaired) electrons. The number of fused-ring (bicyclic) bond motifs is 4. The van der Waals surface area contributed by atoms with Gasteiger partial charge in [-0.05, 0) is 93.4 Å². The minimum atomic E-state index is -0.682. The molecule has 0 aliphatic heterocycles. The van der Waals surface area contributed by atoms with Crippen molar-refractivity contribution in [3.8, 4) is 22.3 Å². The van der Waals surface area contributed by atoms with Gasteiger partial charge in [0.05, 0.1) is 17.8 Å². The lowest BCUT2D eigenvalue weighted by Gasteiger charge is -2.16. The zero-order chi connectivity index (χ0) is 34.7. The van der Waals surface area contributed by atoms with Crippen molar-refractivity contribution in [3.63, 3.8) is 0 Å². The molecule has 0 heterocycles. The molecule has 0 atom stereocenters. The lowest BCUT2D eigenvalue weighted by molar-refractivity contribution is 1.66. The highest BCUT2D eigenvalue weighted by molar-refractivity contribution is 9.10. The van der Waals surface area contributed by atoms with E-state index in [-0.39, 0.29) is 33.2 Å². The maximum absolute atomic E-state index is 9.33. The van der Waals surface area contributed by atoms with Gasteiger partial charge < -0.3 is 0 Å². The van der Waals surface area contributed by atoms with E-state index < -0.39 is 83.6 Å². The minimum absolute atomic E-state index is 0.0791. The second-order valence-electron chi connectivity index (χ2n) is 8.03. The van der Waals surface area contributed by atoms with Gasteiger partial charge in [0, 0.05) is 4.47 Å². The molecule has 1 heteroatoms. The van der Waals surface area contributed by atoms with E-state index in [1.807, 2.05) is 48.5 Å². The fourth-order valence-electron chi connectivity index (χ4n) is 4.47. The van der Waals surface area contributed by atoms with Gasteiger partial charge in [-0.25, -0.2) is 0 Å². The Labute approximate surface area is 230 Å². The van der Waals surface area contributed by atoms with Gasteiger partial charge in [-0.1, -0.05) is 115 Å². The summed E-state index contributed by atoms with van der Waals surface area (Å²) in [7, 11) is 0. The van der Waals surface area contributed by atoms with Crippen LogP contribution in [0.5, 0.6) is 0 Å². The van der Waals surface area contributed by atoms with Gasteiger partial charge in [-0.15, -0.1) is 0 Å². The largest absolute Gasteiger partial charge is 0.0636 e. The zero-order valence-corrected chi connectivity index (χ0v) is 19.6. The Hall–Kier alpha value is -3.94. The summed E-state index contributed by atoms with van der Waals surface area (Å²) in [5.74, 6) is 0. The van der Waals surface area contributed by atoms with Gasteiger partial charge in [-0.2, -0.15) is 0 Å². The molecule has 0 N–H and O–H groups in total. The van der Waals surface area contributed by atoms with E-state index >= 15 is 0 Å². The Bertz CT molecular complexity index is 2560. The van der Waals surface area contributed by atoms with Crippen molar-refractivity contribution in [1.29, 1.82) is 0 Å². The van der Waals surface area contributed by atoms with Crippen LogP contribution in [0, 0.1) is 0 Å². The SMILES string of the molecule is [2H]c1c([2H])c([2H])c2c([2H])c(-c3c([2H])c([2H])c4c(-c5c6ccccc6c(Br)c6ccccc56)c([2H])c([2H])c([2H])c4c3[2H])c([2H])c([2H])c2c1[2H]. The van der Waals surface area contributed by atoms with Gasteiger partial charge >= 0.3 is 0 Å². The quantitative estimate of drug-likeness (QED) is 0.198. The number of hydrogen-bond acceptors (Lipinski definition) is 0. The maximum Gasteiger partial charge on any atom is 0.0636 e. The van der Waals surface area contributed by atoms with Crippen LogP contribution in [0.15, 0.2) is 132 Å². The summed E-state index contributed by atoms with van der Waals surface area (Å²) in [6, 6.07) is 7.08. The highest BCUT2D eigenvalue weighted by Crippen LogP contribution is 2.43. The second-order valence-corrected chi connectivity index (χ2v) is 8.82. The molecule has 7 aromatic carbocycles. The van der Waals surface area contributed by atoms with Crippen molar-refractivity contribution < 1.29 is 17.8 Å². The highest BCUT2D eigenvalue weighted by Gasteiger charge is 2.15. The molecule has 0 fully saturated rings. The van der Waals surface area contributed by atoms with Crippen LogP contribution in [0.3, 0.4) is 0 Å². The van der Waals surface area contributed by atoms with Gasteiger partial charge in [-0.3, -0.25) is 0 Å². The first-order valence-electron chi connectivity index (χ1n) is 17.3.